The van der Waals surface area contributed by atoms with Crippen LogP contribution in [0, 0.1) is 6.92 Å². The van der Waals surface area contributed by atoms with E-state index in [-0.39, 0.29) is 12.5 Å². The van der Waals surface area contributed by atoms with Gasteiger partial charge in [-0.3, -0.25) is 0 Å². The third kappa shape index (κ3) is 3.73. The van der Waals surface area contributed by atoms with Crippen molar-refractivity contribution in [3.05, 3.63) is 76.3 Å². The molecule has 0 saturated carbocycles. The number of rotatable bonds is 4. The van der Waals surface area contributed by atoms with Crippen LogP contribution in [0.4, 0.5) is 0 Å². The molecule has 0 radical (unpaired) electrons. The molecule has 0 spiro atoms. The van der Waals surface area contributed by atoms with E-state index >= 15 is 0 Å². The molecule has 0 N–H and O–H groups in total. The van der Waals surface area contributed by atoms with E-state index in [1.807, 2.05) is 48.5 Å². The third-order valence-corrected chi connectivity index (χ3v) is 4.45. The largest absolute Gasteiger partial charge is 0.452 e. The van der Waals surface area contributed by atoms with Gasteiger partial charge >= 0.3 is 5.97 Å². The first-order valence-corrected chi connectivity index (χ1v) is 9.01. The topological polar surface area (TPSA) is 78.1 Å². The molecule has 2 heterocycles. The zero-order chi connectivity index (χ0) is 18.8. The normalized spacial score (nSPS) is 10.9. The Morgan fingerprint density at radius 2 is 1.93 bits per heavy atom. The van der Waals surface area contributed by atoms with Gasteiger partial charge in [0, 0.05) is 15.4 Å². The number of nitrogens with zero attached hydrogens (tertiary/aromatic N) is 3. The van der Waals surface area contributed by atoms with Gasteiger partial charge in [-0.2, -0.15) is 4.98 Å². The number of esters is 1. The number of halogens is 1. The second-order valence-electron chi connectivity index (χ2n) is 5.89. The van der Waals surface area contributed by atoms with Gasteiger partial charge in [0.05, 0.1) is 16.8 Å². The molecule has 0 aliphatic heterocycles. The van der Waals surface area contributed by atoms with Gasteiger partial charge < -0.3 is 9.26 Å². The molecule has 0 unspecified atom stereocenters. The Morgan fingerprint density at radius 1 is 1.11 bits per heavy atom. The van der Waals surface area contributed by atoms with E-state index in [4.69, 9.17) is 9.26 Å². The van der Waals surface area contributed by atoms with Gasteiger partial charge in [0.15, 0.2) is 12.4 Å². The van der Waals surface area contributed by atoms with E-state index in [1.54, 1.807) is 13.0 Å². The highest BCUT2D eigenvalue weighted by Crippen LogP contribution is 2.27. The van der Waals surface area contributed by atoms with Gasteiger partial charge in [-0.15, -0.1) is 0 Å². The Morgan fingerprint density at radius 3 is 2.67 bits per heavy atom. The lowest BCUT2D eigenvalue weighted by atomic mass is 10.0. The van der Waals surface area contributed by atoms with Gasteiger partial charge in [0.1, 0.15) is 0 Å². The summed E-state index contributed by atoms with van der Waals surface area (Å²) in [5.41, 5.74) is 2.76. The maximum absolute atomic E-state index is 12.8. The summed E-state index contributed by atoms with van der Waals surface area (Å²) >= 11 is 3.44. The fraction of sp³-hybridized carbons (Fsp3) is 0.100. The van der Waals surface area contributed by atoms with E-state index in [0.29, 0.717) is 28.0 Å². The van der Waals surface area contributed by atoms with Crippen LogP contribution >= 0.6 is 15.9 Å². The summed E-state index contributed by atoms with van der Waals surface area (Å²) in [6, 6.07) is 17.0. The highest BCUT2D eigenvalue weighted by molar-refractivity contribution is 9.10. The lowest BCUT2D eigenvalue weighted by molar-refractivity contribution is 0.0432. The molecule has 27 heavy (non-hydrogen) atoms. The first kappa shape index (κ1) is 17.4. The Balaban J connectivity index is 1.74. The molecule has 2 aromatic carbocycles. The number of carbonyl (C=O) groups excluding carboxylic acids is 1. The summed E-state index contributed by atoms with van der Waals surface area (Å²) in [6.07, 6.45) is 0. The molecule has 134 valence electrons. The Bertz CT molecular complexity index is 1130. The van der Waals surface area contributed by atoms with E-state index in [1.165, 1.54) is 0 Å². The Kier molecular flexibility index (Phi) is 4.68. The molecular formula is C20H14BrN3O3. The molecule has 0 saturated heterocycles. The quantitative estimate of drug-likeness (QED) is 0.442. The summed E-state index contributed by atoms with van der Waals surface area (Å²) < 4.78 is 11.2. The average molecular weight is 424 g/mol. The van der Waals surface area contributed by atoms with Crippen molar-refractivity contribution in [1.82, 2.24) is 15.1 Å². The van der Waals surface area contributed by atoms with E-state index in [0.717, 1.165) is 10.0 Å². The highest BCUT2D eigenvalue weighted by atomic mass is 79.9. The van der Waals surface area contributed by atoms with Crippen molar-refractivity contribution in [3.63, 3.8) is 0 Å². The fourth-order valence-corrected chi connectivity index (χ4v) is 3.09. The summed E-state index contributed by atoms with van der Waals surface area (Å²) in [7, 11) is 0. The number of fused-ring (bicyclic) bond motifs is 1. The molecular weight excluding hydrogens is 410 g/mol. The third-order valence-electron chi connectivity index (χ3n) is 3.96. The van der Waals surface area contributed by atoms with Crippen LogP contribution < -0.4 is 0 Å². The minimum atomic E-state index is -0.478. The number of pyridine rings is 1. The van der Waals surface area contributed by atoms with Crippen LogP contribution in [0.1, 0.15) is 22.1 Å². The molecule has 2 aromatic heterocycles. The molecule has 0 aliphatic rings. The molecule has 0 bridgehead atoms. The monoisotopic (exact) mass is 423 g/mol. The number of hydrogen-bond donors (Lipinski definition) is 0. The Labute approximate surface area is 163 Å². The number of carbonyl (C=O) groups is 1. The van der Waals surface area contributed by atoms with E-state index < -0.39 is 5.97 Å². The van der Waals surface area contributed by atoms with Gasteiger partial charge in [0.2, 0.25) is 0 Å². The smallest absolute Gasteiger partial charge is 0.339 e. The van der Waals surface area contributed by atoms with Crippen molar-refractivity contribution >= 4 is 32.8 Å². The van der Waals surface area contributed by atoms with Crippen molar-refractivity contribution in [2.75, 3.05) is 0 Å². The van der Waals surface area contributed by atoms with Crippen molar-refractivity contribution < 1.29 is 14.1 Å². The average Bonchev–Trinajstić information content (AvgIpc) is 3.11. The summed E-state index contributed by atoms with van der Waals surface area (Å²) in [5, 5.41) is 4.39. The Hall–Kier alpha value is -3.06. The van der Waals surface area contributed by atoms with Crippen molar-refractivity contribution in [2.45, 2.75) is 13.5 Å². The van der Waals surface area contributed by atoms with Crippen LogP contribution in [0.5, 0.6) is 0 Å². The molecule has 7 heteroatoms. The van der Waals surface area contributed by atoms with Crippen molar-refractivity contribution in [2.24, 2.45) is 0 Å². The van der Waals surface area contributed by atoms with Crippen LogP contribution in [-0.2, 0) is 11.3 Å². The first-order valence-electron chi connectivity index (χ1n) is 8.22. The van der Waals surface area contributed by atoms with Crippen LogP contribution in [0.2, 0.25) is 0 Å². The fourth-order valence-electron chi connectivity index (χ4n) is 2.73. The van der Waals surface area contributed by atoms with Gasteiger partial charge in [-0.1, -0.05) is 51.4 Å². The maximum Gasteiger partial charge on any atom is 0.339 e. The summed E-state index contributed by atoms with van der Waals surface area (Å²) in [6.45, 7) is 1.62. The second-order valence-corrected chi connectivity index (χ2v) is 6.81. The van der Waals surface area contributed by atoms with Crippen LogP contribution in [0.15, 0.2) is 63.6 Å². The number of aryl methyl sites for hydroxylation is 1. The van der Waals surface area contributed by atoms with Gasteiger partial charge in [0.25, 0.3) is 5.89 Å². The van der Waals surface area contributed by atoms with Crippen molar-refractivity contribution in [1.29, 1.82) is 0 Å². The summed E-state index contributed by atoms with van der Waals surface area (Å²) in [4.78, 5) is 21.5. The minimum absolute atomic E-state index is 0.0852. The molecule has 0 aliphatic carbocycles. The molecule has 0 atom stereocenters. The van der Waals surface area contributed by atoms with E-state index in [2.05, 4.69) is 31.1 Å². The van der Waals surface area contributed by atoms with E-state index in [9.17, 15) is 4.79 Å². The minimum Gasteiger partial charge on any atom is -0.452 e. The zero-order valence-electron chi connectivity index (χ0n) is 14.3. The molecule has 0 fully saturated rings. The predicted molar refractivity (Wildman–Crippen MR) is 103 cm³/mol. The lowest BCUT2D eigenvalue weighted by Gasteiger charge is -2.10. The summed E-state index contributed by atoms with van der Waals surface area (Å²) in [5.74, 6) is 0.267. The predicted octanol–water partition coefficient (Wildman–Crippen LogP) is 4.71. The molecule has 4 rings (SSSR count). The molecule has 4 aromatic rings. The van der Waals surface area contributed by atoms with Crippen LogP contribution in [0.3, 0.4) is 0 Å². The second kappa shape index (κ2) is 7.28. The van der Waals surface area contributed by atoms with Crippen LogP contribution in [0.25, 0.3) is 22.2 Å². The maximum atomic E-state index is 12.8. The number of hydrogen-bond acceptors (Lipinski definition) is 6. The van der Waals surface area contributed by atoms with Crippen molar-refractivity contribution in [3.8, 4) is 11.3 Å². The number of ether oxygens (including phenoxy) is 1. The van der Waals surface area contributed by atoms with Gasteiger partial charge in [-0.25, -0.2) is 9.78 Å². The van der Waals surface area contributed by atoms with Crippen LogP contribution in [-0.4, -0.2) is 21.1 Å². The number of aromatic nitrogens is 3. The lowest BCUT2D eigenvalue weighted by Crippen LogP contribution is -2.07. The SMILES string of the molecule is Cc1noc(COC(=O)c2cc(-c3ccccc3)nc3ccc(Br)cc23)n1. The molecule has 6 nitrogen and oxygen atoms in total. The molecule has 0 amide bonds. The van der Waals surface area contributed by atoms with Gasteiger partial charge in [-0.05, 0) is 31.2 Å². The number of benzene rings is 2. The standard InChI is InChI=1S/C20H14BrN3O3/c1-12-22-19(27-24-12)11-26-20(25)16-10-18(13-5-3-2-4-6-13)23-17-8-7-14(21)9-15(16)17/h2-10H,11H2,1H3. The zero-order valence-corrected chi connectivity index (χ0v) is 15.9. The first-order chi connectivity index (χ1) is 13.1. The highest BCUT2D eigenvalue weighted by Gasteiger charge is 2.17.